The van der Waals surface area contributed by atoms with Crippen molar-refractivity contribution in [1.82, 2.24) is 20.2 Å². The molecule has 0 aromatic carbocycles. The number of halogens is 1. The molecule has 0 amide bonds. The van der Waals surface area contributed by atoms with Gasteiger partial charge >= 0.3 is 0 Å². The van der Waals surface area contributed by atoms with Crippen LogP contribution in [0.4, 0.5) is 0 Å². The number of hydrogen-bond donors (Lipinski definition) is 0. The van der Waals surface area contributed by atoms with E-state index >= 15 is 0 Å². The van der Waals surface area contributed by atoms with Crippen molar-refractivity contribution in [3.05, 3.63) is 5.82 Å². The first-order chi connectivity index (χ1) is 7.85. The van der Waals surface area contributed by atoms with Gasteiger partial charge in [-0.1, -0.05) is 19.8 Å². The van der Waals surface area contributed by atoms with Crippen LogP contribution in [0, 0.1) is 5.92 Å². The first kappa shape index (κ1) is 11.8. The number of alkyl halides is 1. The number of aromatic nitrogens is 4. The molecule has 2 rings (SSSR count). The summed E-state index contributed by atoms with van der Waals surface area (Å²) in [6.07, 6.45) is 7.66. The van der Waals surface area contributed by atoms with Gasteiger partial charge in [-0.15, -0.1) is 16.7 Å². The molecule has 0 radical (unpaired) electrons. The molecule has 0 aliphatic heterocycles. The van der Waals surface area contributed by atoms with E-state index in [1.165, 1.54) is 38.5 Å². The predicted molar refractivity (Wildman–Crippen MR) is 63.3 cm³/mol. The smallest absolute Gasteiger partial charge is 0.166 e. The van der Waals surface area contributed by atoms with E-state index in [-0.39, 0.29) is 0 Å². The van der Waals surface area contributed by atoms with Gasteiger partial charge in [-0.05, 0) is 42.0 Å². The molecule has 1 aromatic rings. The lowest BCUT2D eigenvalue weighted by atomic mass is 9.83. The van der Waals surface area contributed by atoms with E-state index in [1.807, 2.05) is 4.68 Å². The largest absolute Gasteiger partial charge is 0.225 e. The Morgan fingerprint density at radius 1 is 1.31 bits per heavy atom. The SMILES string of the molecule is CCCC1CCC(n2nnnc2CCl)CC1. The molecule has 0 bridgehead atoms. The van der Waals surface area contributed by atoms with Crippen LogP contribution < -0.4 is 0 Å². The van der Waals surface area contributed by atoms with Gasteiger partial charge in [0.2, 0.25) is 0 Å². The van der Waals surface area contributed by atoms with Crippen LogP contribution in [0.25, 0.3) is 0 Å². The van der Waals surface area contributed by atoms with Crippen LogP contribution in [0.15, 0.2) is 0 Å². The fraction of sp³-hybridized carbons (Fsp3) is 0.909. The predicted octanol–water partition coefficient (Wildman–Crippen LogP) is 2.94. The lowest BCUT2D eigenvalue weighted by molar-refractivity contribution is 0.245. The van der Waals surface area contributed by atoms with Crippen molar-refractivity contribution < 1.29 is 0 Å². The molecule has 0 saturated heterocycles. The van der Waals surface area contributed by atoms with Crippen LogP contribution in [0.2, 0.25) is 0 Å². The summed E-state index contributed by atoms with van der Waals surface area (Å²) in [5.74, 6) is 2.12. The van der Waals surface area contributed by atoms with Gasteiger partial charge in [0.05, 0.1) is 11.9 Å². The second-order valence-corrected chi connectivity index (χ2v) is 4.90. The Morgan fingerprint density at radius 3 is 2.69 bits per heavy atom. The summed E-state index contributed by atoms with van der Waals surface area (Å²) in [7, 11) is 0. The molecule has 1 aromatic heterocycles. The van der Waals surface area contributed by atoms with Crippen LogP contribution in [0.3, 0.4) is 0 Å². The van der Waals surface area contributed by atoms with Crippen molar-refractivity contribution in [3.63, 3.8) is 0 Å². The maximum atomic E-state index is 5.81. The summed E-state index contributed by atoms with van der Waals surface area (Å²) < 4.78 is 1.93. The maximum Gasteiger partial charge on any atom is 0.166 e. The Kier molecular flexibility index (Phi) is 4.16. The summed E-state index contributed by atoms with van der Waals surface area (Å²) in [5.41, 5.74) is 0. The lowest BCUT2D eigenvalue weighted by Gasteiger charge is -2.28. The highest BCUT2D eigenvalue weighted by atomic mass is 35.5. The van der Waals surface area contributed by atoms with E-state index in [0.29, 0.717) is 11.9 Å². The fourth-order valence-corrected chi connectivity index (χ4v) is 2.85. The van der Waals surface area contributed by atoms with E-state index in [1.54, 1.807) is 0 Å². The highest BCUT2D eigenvalue weighted by Crippen LogP contribution is 2.34. The number of hydrogen-bond acceptors (Lipinski definition) is 3. The molecule has 0 spiro atoms. The Balaban J connectivity index is 1.93. The molecule has 0 atom stereocenters. The lowest BCUT2D eigenvalue weighted by Crippen LogP contribution is -2.20. The second kappa shape index (κ2) is 5.62. The van der Waals surface area contributed by atoms with Crippen molar-refractivity contribution in [2.45, 2.75) is 57.4 Å². The van der Waals surface area contributed by atoms with Gasteiger partial charge in [0.15, 0.2) is 5.82 Å². The van der Waals surface area contributed by atoms with Crippen LogP contribution in [0.1, 0.15) is 57.3 Å². The standard InChI is InChI=1S/C11H19ClN4/c1-2-3-9-4-6-10(7-5-9)16-11(8-12)13-14-15-16/h9-10H,2-8H2,1H3. The number of tetrazole rings is 1. The Labute approximate surface area is 101 Å². The molecule has 0 N–H and O–H groups in total. The van der Waals surface area contributed by atoms with E-state index in [0.717, 1.165) is 11.7 Å². The van der Waals surface area contributed by atoms with Crippen molar-refractivity contribution >= 4 is 11.6 Å². The maximum absolute atomic E-state index is 5.81. The van der Waals surface area contributed by atoms with Crippen molar-refractivity contribution in [2.75, 3.05) is 0 Å². The Bertz CT molecular complexity index is 318. The van der Waals surface area contributed by atoms with Crippen LogP contribution >= 0.6 is 11.6 Å². The minimum absolute atomic E-state index is 0.405. The zero-order valence-electron chi connectivity index (χ0n) is 9.77. The molecule has 0 unspecified atom stereocenters. The molecule has 1 fully saturated rings. The molecule has 16 heavy (non-hydrogen) atoms. The second-order valence-electron chi connectivity index (χ2n) is 4.64. The third kappa shape index (κ3) is 2.54. The van der Waals surface area contributed by atoms with Crippen molar-refractivity contribution in [3.8, 4) is 0 Å². The van der Waals surface area contributed by atoms with E-state index in [2.05, 4.69) is 22.4 Å². The van der Waals surface area contributed by atoms with Gasteiger partial charge < -0.3 is 0 Å². The van der Waals surface area contributed by atoms with Gasteiger partial charge in [0, 0.05) is 0 Å². The number of rotatable bonds is 4. The zero-order valence-corrected chi connectivity index (χ0v) is 10.5. The molecule has 1 heterocycles. The summed E-state index contributed by atoms with van der Waals surface area (Å²) in [5, 5.41) is 11.7. The molecule has 5 heteroatoms. The monoisotopic (exact) mass is 242 g/mol. The van der Waals surface area contributed by atoms with E-state index in [4.69, 9.17) is 11.6 Å². The minimum atomic E-state index is 0.405. The topological polar surface area (TPSA) is 43.6 Å². The highest BCUT2D eigenvalue weighted by Gasteiger charge is 2.24. The number of nitrogens with zero attached hydrogens (tertiary/aromatic N) is 4. The van der Waals surface area contributed by atoms with E-state index in [9.17, 15) is 0 Å². The Hall–Kier alpha value is -0.640. The quantitative estimate of drug-likeness (QED) is 0.763. The van der Waals surface area contributed by atoms with Gasteiger partial charge in [-0.2, -0.15) is 0 Å². The van der Waals surface area contributed by atoms with Gasteiger partial charge in [-0.25, -0.2) is 4.68 Å². The van der Waals surface area contributed by atoms with Crippen molar-refractivity contribution in [2.24, 2.45) is 5.92 Å². The average Bonchev–Trinajstić information content (AvgIpc) is 2.78. The molecule has 1 aliphatic carbocycles. The highest BCUT2D eigenvalue weighted by molar-refractivity contribution is 6.16. The molecular formula is C11H19ClN4. The van der Waals surface area contributed by atoms with Gasteiger partial charge in [-0.3, -0.25) is 0 Å². The molecule has 1 saturated carbocycles. The third-order valence-corrected chi connectivity index (χ3v) is 3.78. The normalized spacial score (nSPS) is 25.9. The van der Waals surface area contributed by atoms with Crippen LogP contribution in [0.5, 0.6) is 0 Å². The molecule has 1 aliphatic rings. The first-order valence-corrected chi connectivity index (χ1v) is 6.71. The first-order valence-electron chi connectivity index (χ1n) is 6.17. The minimum Gasteiger partial charge on any atom is -0.225 e. The summed E-state index contributed by atoms with van der Waals surface area (Å²) >= 11 is 5.81. The third-order valence-electron chi connectivity index (χ3n) is 3.54. The Morgan fingerprint density at radius 2 is 2.06 bits per heavy atom. The summed E-state index contributed by atoms with van der Waals surface area (Å²) in [6.45, 7) is 2.26. The molecule has 4 nitrogen and oxygen atoms in total. The van der Waals surface area contributed by atoms with Crippen LogP contribution in [-0.2, 0) is 5.88 Å². The van der Waals surface area contributed by atoms with Gasteiger partial charge in [0.1, 0.15) is 0 Å². The van der Waals surface area contributed by atoms with Crippen LogP contribution in [-0.4, -0.2) is 20.2 Å². The summed E-state index contributed by atoms with van der Waals surface area (Å²) in [6, 6.07) is 0.469. The summed E-state index contributed by atoms with van der Waals surface area (Å²) in [4.78, 5) is 0. The molecule has 90 valence electrons. The van der Waals surface area contributed by atoms with Crippen molar-refractivity contribution in [1.29, 1.82) is 0 Å². The molecular weight excluding hydrogens is 224 g/mol. The van der Waals surface area contributed by atoms with Gasteiger partial charge in [0.25, 0.3) is 0 Å². The zero-order chi connectivity index (χ0) is 11.4. The average molecular weight is 243 g/mol. The fourth-order valence-electron chi connectivity index (χ4n) is 2.67. The van der Waals surface area contributed by atoms with E-state index < -0.39 is 0 Å².